The molecule has 2 heterocycles. The number of piperidine rings is 1. The molecule has 3 aliphatic rings. The van der Waals surface area contributed by atoms with Crippen molar-refractivity contribution >= 4 is 31.9 Å². The molecule has 3 atom stereocenters. The van der Waals surface area contributed by atoms with E-state index in [1.54, 1.807) is 0 Å². The molecule has 1 fully saturated rings. The van der Waals surface area contributed by atoms with Crippen LogP contribution in [0, 0.1) is 5.41 Å². The molecule has 1 aromatic rings. The Bertz CT molecular complexity index is 577. The van der Waals surface area contributed by atoms with Crippen molar-refractivity contribution in [1.29, 1.82) is 0 Å². The Hall–Kier alpha value is -0.120. The highest BCUT2D eigenvalue weighted by molar-refractivity contribution is 9.11. The van der Waals surface area contributed by atoms with Gasteiger partial charge in [0.15, 0.2) is 0 Å². The number of benzene rings is 1. The summed E-state index contributed by atoms with van der Waals surface area (Å²) < 4.78 is 2.49. The van der Waals surface area contributed by atoms with Gasteiger partial charge in [0.1, 0.15) is 0 Å². The Morgan fingerprint density at radius 2 is 1.90 bits per heavy atom. The van der Waals surface area contributed by atoms with E-state index in [1.807, 2.05) is 0 Å². The topological polar surface area (TPSA) is 12.0 Å². The molecule has 0 amide bonds. The van der Waals surface area contributed by atoms with Crippen molar-refractivity contribution in [3.8, 4) is 0 Å². The predicted molar refractivity (Wildman–Crippen MR) is 92.1 cm³/mol. The van der Waals surface area contributed by atoms with Crippen LogP contribution in [0.2, 0.25) is 0 Å². The summed E-state index contributed by atoms with van der Waals surface area (Å²) in [5, 5.41) is 3.85. The lowest BCUT2D eigenvalue weighted by Gasteiger charge is -2.55. The van der Waals surface area contributed by atoms with Crippen LogP contribution in [0.25, 0.3) is 0 Å². The van der Waals surface area contributed by atoms with E-state index < -0.39 is 0 Å². The van der Waals surface area contributed by atoms with Gasteiger partial charge in [0.05, 0.1) is 0 Å². The monoisotopic (exact) mass is 397 g/mol. The number of halogens is 2. The average molecular weight is 399 g/mol. The van der Waals surface area contributed by atoms with Crippen molar-refractivity contribution in [2.45, 2.75) is 51.6 Å². The summed E-state index contributed by atoms with van der Waals surface area (Å²) in [5.74, 6) is 0.533. The highest BCUT2D eigenvalue weighted by Gasteiger charge is 2.50. The largest absolute Gasteiger partial charge is 0.306 e. The van der Waals surface area contributed by atoms with Gasteiger partial charge in [-0.3, -0.25) is 0 Å². The maximum Gasteiger partial charge on any atom is 0.0342 e. The second-order valence-electron chi connectivity index (χ2n) is 7.01. The second kappa shape index (κ2) is 4.96. The fourth-order valence-corrected chi connectivity index (χ4v) is 5.41. The van der Waals surface area contributed by atoms with Crippen molar-refractivity contribution in [2.75, 3.05) is 0 Å². The highest BCUT2D eigenvalue weighted by Crippen LogP contribution is 2.58. The standard InChI is InChI=1S/C17H21Br2N/c1-9(2)7-12-16-15-11(19)6-5-10(18)14(15)13(20-12)8-17(16,3)4/h5-6,12-13,16,20H,1,7-8H2,2-4H3/t12-,13+,16-/m1/s1. The summed E-state index contributed by atoms with van der Waals surface area (Å²) >= 11 is 7.54. The van der Waals surface area contributed by atoms with Gasteiger partial charge in [-0.25, -0.2) is 0 Å². The molecule has 20 heavy (non-hydrogen) atoms. The van der Waals surface area contributed by atoms with E-state index in [-0.39, 0.29) is 0 Å². The first-order chi connectivity index (χ1) is 9.31. The summed E-state index contributed by atoms with van der Waals surface area (Å²) in [5.41, 5.74) is 4.55. The molecule has 0 saturated carbocycles. The highest BCUT2D eigenvalue weighted by atomic mass is 79.9. The molecule has 0 spiro atoms. The quantitative estimate of drug-likeness (QED) is 0.629. The van der Waals surface area contributed by atoms with Crippen LogP contribution in [0.4, 0.5) is 0 Å². The number of fused-ring (bicyclic) bond motifs is 2. The van der Waals surface area contributed by atoms with Gasteiger partial charge in [0.2, 0.25) is 0 Å². The van der Waals surface area contributed by atoms with Gasteiger partial charge in [-0.2, -0.15) is 0 Å². The van der Waals surface area contributed by atoms with E-state index in [0.717, 1.165) is 6.42 Å². The average Bonchev–Trinajstić information content (AvgIpc) is 2.31. The molecule has 108 valence electrons. The number of rotatable bonds is 2. The molecule has 4 rings (SSSR count). The fourth-order valence-electron chi connectivity index (χ4n) is 4.19. The number of hydrogen-bond acceptors (Lipinski definition) is 1. The minimum absolute atomic E-state index is 0.326. The molecule has 3 heteroatoms. The summed E-state index contributed by atoms with van der Waals surface area (Å²) in [6, 6.07) is 5.28. The third-order valence-corrected chi connectivity index (χ3v) is 6.18. The van der Waals surface area contributed by atoms with Gasteiger partial charge < -0.3 is 5.32 Å². The molecule has 1 aliphatic carbocycles. The number of hydrogen-bond donors (Lipinski definition) is 1. The Morgan fingerprint density at radius 1 is 1.30 bits per heavy atom. The SMILES string of the molecule is C=C(C)C[C@H]1N[C@H]2CC(C)(C)[C@H]1c1c(Br)ccc(Br)c12. The maximum atomic E-state index is 4.12. The summed E-state index contributed by atoms with van der Waals surface area (Å²) in [6.45, 7) is 11.1. The zero-order valence-electron chi connectivity index (χ0n) is 12.3. The zero-order valence-corrected chi connectivity index (χ0v) is 15.4. The normalized spacial score (nSPS) is 30.1. The van der Waals surface area contributed by atoms with Gasteiger partial charge in [-0.05, 0) is 48.4 Å². The third kappa shape index (κ3) is 2.22. The van der Waals surface area contributed by atoms with E-state index in [4.69, 9.17) is 0 Å². The summed E-state index contributed by atoms with van der Waals surface area (Å²) in [6.07, 6.45) is 2.26. The smallest absolute Gasteiger partial charge is 0.0342 e. The predicted octanol–water partition coefficient (Wildman–Crippen LogP) is 5.70. The lowest BCUT2D eigenvalue weighted by atomic mass is 9.58. The molecule has 1 nitrogen and oxygen atoms in total. The van der Waals surface area contributed by atoms with Gasteiger partial charge in [-0.15, -0.1) is 6.58 Å². The molecule has 2 aliphatic heterocycles. The van der Waals surface area contributed by atoms with Crippen LogP contribution in [-0.2, 0) is 0 Å². The van der Waals surface area contributed by atoms with Gasteiger partial charge in [0, 0.05) is 26.9 Å². The summed E-state index contributed by atoms with van der Waals surface area (Å²) in [7, 11) is 0. The van der Waals surface area contributed by atoms with Crippen LogP contribution >= 0.6 is 31.9 Å². The van der Waals surface area contributed by atoms with Crippen molar-refractivity contribution in [3.63, 3.8) is 0 Å². The van der Waals surface area contributed by atoms with E-state index in [2.05, 4.69) is 76.7 Å². The molecule has 0 aromatic heterocycles. The maximum absolute atomic E-state index is 4.12. The third-order valence-electron chi connectivity index (χ3n) is 4.80. The van der Waals surface area contributed by atoms with Gasteiger partial charge in [0.25, 0.3) is 0 Å². The van der Waals surface area contributed by atoms with Crippen molar-refractivity contribution < 1.29 is 0 Å². The van der Waals surface area contributed by atoms with Crippen LogP contribution in [0.1, 0.15) is 56.7 Å². The van der Waals surface area contributed by atoms with Crippen molar-refractivity contribution in [1.82, 2.24) is 5.32 Å². The second-order valence-corrected chi connectivity index (χ2v) is 8.72. The summed E-state index contributed by atoms with van der Waals surface area (Å²) in [4.78, 5) is 0. The zero-order chi connectivity index (χ0) is 14.7. The molecule has 1 N–H and O–H groups in total. The van der Waals surface area contributed by atoms with E-state index >= 15 is 0 Å². The minimum atomic E-state index is 0.326. The van der Waals surface area contributed by atoms with Gasteiger partial charge in [-0.1, -0.05) is 51.3 Å². The van der Waals surface area contributed by atoms with Crippen LogP contribution in [-0.4, -0.2) is 6.04 Å². The molecule has 1 aromatic carbocycles. The Kier molecular flexibility index (Phi) is 3.67. The van der Waals surface area contributed by atoms with E-state index in [1.165, 1.54) is 32.1 Å². The molecule has 2 bridgehead atoms. The first-order valence-corrected chi connectivity index (χ1v) is 8.78. The van der Waals surface area contributed by atoms with E-state index in [0.29, 0.717) is 23.4 Å². The lowest BCUT2D eigenvalue weighted by Crippen LogP contribution is -2.54. The van der Waals surface area contributed by atoms with Crippen molar-refractivity contribution in [3.05, 3.63) is 44.4 Å². The van der Waals surface area contributed by atoms with Crippen LogP contribution in [0.15, 0.2) is 33.2 Å². The first kappa shape index (κ1) is 14.8. The molecular formula is C17H21Br2N. The van der Waals surface area contributed by atoms with Gasteiger partial charge >= 0.3 is 0 Å². The van der Waals surface area contributed by atoms with Crippen LogP contribution in [0.3, 0.4) is 0 Å². The molecule has 1 saturated heterocycles. The van der Waals surface area contributed by atoms with Crippen LogP contribution < -0.4 is 5.32 Å². The van der Waals surface area contributed by atoms with E-state index in [9.17, 15) is 0 Å². The molecule has 0 radical (unpaired) electrons. The molecule has 0 unspecified atom stereocenters. The minimum Gasteiger partial charge on any atom is -0.306 e. The fraction of sp³-hybridized carbons (Fsp3) is 0.529. The Balaban J connectivity index is 2.16. The van der Waals surface area contributed by atoms with Crippen molar-refractivity contribution in [2.24, 2.45) is 5.41 Å². The Morgan fingerprint density at radius 3 is 2.50 bits per heavy atom. The first-order valence-electron chi connectivity index (χ1n) is 7.19. The Labute approximate surface area is 138 Å². The lowest BCUT2D eigenvalue weighted by molar-refractivity contribution is 0.102. The van der Waals surface area contributed by atoms with Crippen LogP contribution in [0.5, 0.6) is 0 Å². The number of nitrogens with one attached hydrogen (secondary N) is 1. The molecular weight excluding hydrogens is 378 g/mol.